The number of benzene rings is 2. The van der Waals surface area contributed by atoms with E-state index in [4.69, 9.17) is 11.6 Å². The molecule has 98 valence electrons. The Morgan fingerprint density at radius 2 is 1.89 bits per heavy atom. The zero-order valence-electron chi connectivity index (χ0n) is 9.81. The molecule has 0 heterocycles. The van der Waals surface area contributed by atoms with Gasteiger partial charge in [0.05, 0.1) is 10.6 Å². The average molecular weight is 346 g/mol. The third kappa shape index (κ3) is 2.69. The molecule has 1 nitrogen and oxygen atoms in total. The Morgan fingerprint density at radius 1 is 1.21 bits per heavy atom. The quantitative estimate of drug-likeness (QED) is 0.706. The molecule has 2 aromatic carbocycles. The summed E-state index contributed by atoms with van der Waals surface area (Å²) >= 11 is 9.05. The second-order valence-corrected chi connectivity index (χ2v) is 5.27. The molecule has 19 heavy (non-hydrogen) atoms. The molecule has 0 aliphatic carbocycles. The lowest BCUT2D eigenvalue weighted by Gasteiger charge is -2.07. The summed E-state index contributed by atoms with van der Waals surface area (Å²) in [6, 6.07) is 6.75. The molecule has 0 aliphatic rings. The molecule has 2 aromatic rings. The topological polar surface area (TPSA) is 17.1 Å². The van der Waals surface area contributed by atoms with Gasteiger partial charge in [-0.15, -0.1) is 0 Å². The minimum Gasteiger partial charge on any atom is -0.288 e. The molecule has 0 unspecified atom stereocenters. The van der Waals surface area contributed by atoms with Gasteiger partial charge >= 0.3 is 0 Å². The summed E-state index contributed by atoms with van der Waals surface area (Å²) in [6.07, 6.45) is 0. The maximum atomic E-state index is 13.9. The van der Waals surface area contributed by atoms with Gasteiger partial charge in [0.2, 0.25) is 0 Å². The second kappa shape index (κ2) is 5.39. The van der Waals surface area contributed by atoms with Crippen molar-refractivity contribution >= 4 is 33.3 Å². The van der Waals surface area contributed by atoms with E-state index in [1.165, 1.54) is 25.1 Å². The summed E-state index contributed by atoms with van der Waals surface area (Å²) in [5.41, 5.74) is -0.206. The first-order valence-electron chi connectivity index (χ1n) is 5.36. The molecule has 0 saturated heterocycles. The van der Waals surface area contributed by atoms with Gasteiger partial charge in [0.1, 0.15) is 11.6 Å². The van der Waals surface area contributed by atoms with Gasteiger partial charge in [0, 0.05) is 10.0 Å². The zero-order chi connectivity index (χ0) is 14.2. The monoisotopic (exact) mass is 344 g/mol. The van der Waals surface area contributed by atoms with E-state index in [0.717, 1.165) is 6.07 Å². The van der Waals surface area contributed by atoms with E-state index < -0.39 is 23.0 Å². The van der Waals surface area contributed by atoms with Crippen LogP contribution >= 0.6 is 27.5 Å². The minimum absolute atomic E-state index is 0.136. The Labute approximate surface area is 122 Å². The van der Waals surface area contributed by atoms with Crippen LogP contribution in [0.15, 0.2) is 34.8 Å². The normalized spacial score (nSPS) is 10.6. The van der Waals surface area contributed by atoms with Gasteiger partial charge in [-0.2, -0.15) is 0 Å². The highest BCUT2D eigenvalue weighted by molar-refractivity contribution is 9.10. The van der Waals surface area contributed by atoms with Crippen molar-refractivity contribution in [3.63, 3.8) is 0 Å². The summed E-state index contributed by atoms with van der Waals surface area (Å²) in [5, 5.41) is 0.305. The van der Waals surface area contributed by atoms with E-state index in [9.17, 15) is 13.6 Å². The number of carbonyl (C=O) groups is 1. The van der Waals surface area contributed by atoms with Gasteiger partial charge in [-0.1, -0.05) is 17.7 Å². The van der Waals surface area contributed by atoms with Gasteiger partial charge < -0.3 is 0 Å². The maximum absolute atomic E-state index is 13.9. The van der Waals surface area contributed by atoms with Crippen LogP contribution in [0.2, 0.25) is 5.02 Å². The molecule has 0 amide bonds. The minimum atomic E-state index is -0.882. The van der Waals surface area contributed by atoms with E-state index in [1.807, 2.05) is 0 Å². The van der Waals surface area contributed by atoms with Crippen LogP contribution in [-0.2, 0) is 0 Å². The Balaban J connectivity index is 2.56. The van der Waals surface area contributed by atoms with Gasteiger partial charge in [-0.05, 0) is 52.7 Å². The fourth-order valence-electron chi connectivity index (χ4n) is 1.65. The number of ketones is 1. The first kappa shape index (κ1) is 14.2. The number of carbonyl (C=O) groups excluding carboxylic acids is 1. The molecule has 0 saturated carbocycles. The Hall–Kier alpha value is -1.26. The summed E-state index contributed by atoms with van der Waals surface area (Å²) in [6.45, 7) is 1.47. The number of halogens is 4. The molecule has 0 aliphatic heterocycles. The SMILES string of the molecule is Cc1ccc(F)c(C(=O)c2ccc(Br)c(Cl)c2)c1F. The van der Waals surface area contributed by atoms with Crippen LogP contribution < -0.4 is 0 Å². The summed E-state index contributed by atoms with van der Waals surface area (Å²) in [7, 11) is 0. The molecule has 0 fully saturated rings. The van der Waals surface area contributed by atoms with Crippen molar-refractivity contribution < 1.29 is 13.6 Å². The molecular weight excluding hydrogens is 338 g/mol. The standard InChI is InChI=1S/C14H8BrClF2O/c1-7-2-5-11(17)12(13(7)18)14(19)8-3-4-9(15)10(16)6-8/h2-6H,1H3. The van der Waals surface area contributed by atoms with Crippen LogP contribution in [0.5, 0.6) is 0 Å². The zero-order valence-corrected chi connectivity index (χ0v) is 12.1. The molecule has 0 atom stereocenters. The Kier molecular flexibility index (Phi) is 4.02. The predicted octanol–water partition coefficient (Wildman–Crippen LogP) is 4.92. The smallest absolute Gasteiger partial charge is 0.199 e. The lowest BCUT2D eigenvalue weighted by Crippen LogP contribution is -2.08. The first-order chi connectivity index (χ1) is 8.91. The first-order valence-corrected chi connectivity index (χ1v) is 6.53. The molecule has 0 radical (unpaired) electrons. The fraction of sp³-hybridized carbons (Fsp3) is 0.0714. The largest absolute Gasteiger partial charge is 0.288 e. The highest BCUT2D eigenvalue weighted by Crippen LogP contribution is 2.26. The molecule has 2 rings (SSSR count). The Bertz CT molecular complexity index is 671. The number of aryl methyl sites for hydroxylation is 1. The van der Waals surface area contributed by atoms with Crippen LogP contribution in [-0.4, -0.2) is 5.78 Å². The van der Waals surface area contributed by atoms with E-state index in [1.54, 1.807) is 6.07 Å². The van der Waals surface area contributed by atoms with Gasteiger partial charge in [0.15, 0.2) is 5.78 Å². The van der Waals surface area contributed by atoms with Crippen molar-refractivity contribution in [2.45, 2.75) is 6.92 Å². The van der Waals surface area contributed by atoms with E-state index in [-0.39, 0.29) is 11.1 Å². The van der Waals surface area contributed by atoms with Crippen LogP contribution in [0.3, 0.4) is 0 Å². The number of hydrogen-bond acceptors (Lipinski definition) is 1. The van der Waals surface area contributed by atoms with Crippen molar-refractivity contribution in [2.75, 3.05) is 0 Å². The van der Waals surface area contributed by atoms with Gasteiger partial charge in [-0.3, -0.25) is 4.79 Å². The maximum Gasteiger partial charge on any atom is 0.199 e. The third-order valence-corrected chi connectivity index (χ3v) is 3.93. The molecular formula is C14H8BrClF2O. The van der Waals surface area contributed by atoms with Crippen molar-refractivity contribution in [3.05, 3.63) is 68.2 Å². The van der Waals surface area contributed by atoms with E-state index in [2.05, 4.69) is 15.9 Å². The number of rotatable bonds is 2. The van der Waals surface area contributed by atoms with Crippen molar-refractivity contribution in [1.29, 1.82) is 0 Å². The fourth-order valence-corrected chi connectivity index (χ4v) is 2.07. The van der Waals surface area contributed by atoms with Crippen molar-refractivity contribution in [2.24, 2.45) is 0 Å². The van der Waals surface area contributed by atoms with E-state index in [0.29, 0.717) is 9.50 Å². The second-order valence-electron chi connectivity index (χ2n) is 4.01. The summed E-state index contributed by atoms with van der Waals surface area (Å²) < 4.78 is 28.1. The van der Waals surface area contributed by atoms with Crippen LogP contribution in [0.4, 0.5) is 8.78 Å². The molecule has 5 heteroatoms. The van der Waals surface area contributed by atoms with Crippen molar-refractivity contribution in [1.82, 2.24) is 0 Å². The van der Waals surface area contributed by atoms with Crippen LogP contribution in [0.25, 0.3) is 0 Å². The van der Waals surface area contributed by atoms with Gasteiger partial charge in [-0.25, -0.2) is 8.78 Å². The molecule has 0 spiro atoms. The van der Waals surface area contributed by atoms with E-state index >= 15 is 0 Å². The van der Waals surface area contributed by atoms with Crippen LogP contribution in [0, 0.1) is 18.6 Å². The average Bonchev–Trinajstić information content (AvgIpc) is 2.37. The lowest BCUT2D eigenvalue weighted by atomic mass is 10.0. The summed E-state index contributed by atoms with van der Waals surface area (Å²) in [5.74, 6) is -2.45. The van der Waals surface area contributed by atoms with Crippen molar-refractivity contribution in [3.8, 4) is 0 Å². The predicted molar refractivity (Wildman–Crippen MR) is 73.7 cm³/mol. The van der Waals surface area contributed by atoms with Crippen LogP contribution in [0.1, 0.15) is 21.5 Å². The molecule has 0 aromatic heterocycles. The number of hydrogen-bond donors (Lipinski definition) is 0. The Morgan fingerprint density at radius 3 is 2.53 bits per heavy atom. The highest BCUT2D eigenvalue weighted by atomic mass is 79.9. The lowest BCUT2D eigenvalue weighted by molar-refractivity contribution is 0.103. The highest BCUT2D eigenvalue weighted by Gasteiger charge is 2.21. The summed E-state index contributed by atoms with van der Waals surface area (Å²) in [4.78, 5) is 12.1. The molecule has 0 bridgehead atoms. The molecule has 0 N–H and O–H groups in total. The van der Waals surface area contributed by atoms with Gasteiger partial charge in [0.25, 0.3) is 0 Å². The third-order valence-electron chi connectivity index (χ3n) is 2.69.